The van der Waals surface area contributed by atoms with Gasteiger partial charge in [-0.25, -0.2) is 4.79 Å². The molecule has 0 atom stereocenters. The van der Waals surface area contributed by atoms with Crippen LogP contribution < -0.4 is 5.32 Å². The van der Waals surface area contributed by atoms with Crippen molar-refractivity contribution in [3.63, 3.8) is 0 Å². The number of benzene rings is 1. The Hall–Kier alpha value is -0.890. The maximum Gasteiger partial charge on any atom is 0.441 e. The van der Waals surface area contributed by atoms with Gasteiger partial charge in [-0.2, -0.15) is 13.2 Å². The fourth-order valence-corrected chi connectivity index (χ4v) is 2.21. The third-order valence-electron chi connectivity index (χ3n) is 1.91. The van der Waals surface area contributed by atoms with E-state index in [2.05, 4.69) is 21.2 Å². The van der Waals surface area contributed by atoms with Gasteiger partial charge in [0, 0.05) is 22.5 Å². The molecule has 0 aliphatic carbocycles. The second-order valence-corrected chi connectivity index (χ2v) is 5.20. The Kier molecular flexibility index (Phi) is 5.33. The molecule has 2 N–H and O–H groups in total. The van der Waals surface area contributed by atoms with E-state index < -0.39 is 11.5 Å². The molecule has 0 radical (unpaired) electrons. The van der Waals surface area contributed by atoms with E-state index >= 15 is 0 Å². The molecule has 0 bridgehead atoms. The molecule has 3 nitrogen and oxygen atoms in total. The summed E-state index contributed by atoms with van der Waals surface area (Å²) in [6.07, 6.45) is 0. The van der Waals surface area contributed by atoms with E-state index in [-0.39, 0.29) is 29.6 Å². The Bertz CT molecular complexity index is 440. The first-order valence-corrected chi connectivity index (χ1v) is 6.55. The van der Waals surface area contributed by atoms with Gasteiger partial charge in [0.15, 0.2) is 0 Å². The number of hydrogen-bond donors (Lipinski definition) is 2. The molecule has 0 aliphatic heterocycles. The molecule has 0 amide bonds. The second kappa shape index (κ2) is 6.33. The van der Waals surface area contributed by atoms with Crippen LogP contribution in [0.4, 0.5) is 18.9 Å². The van der Waals surface area contributed by atoms with Gasteiger partial charge in [0.05, 0.1) is 5.56 Å². The van der Waals surface area contributed by atoms with Crippen LogP contribution in [0.25, 0.3) is 0 Å². The molecule has 0 saturated heterocycles. The van der Waals surface area contributed by atoms with Gasteiger partial charge >= 0.3 is 11.5 Å². The van der Waals surface area contributed by atoms with Crippen LogP contribution in [-0.4, -0.2) is 28.9 Å². The Labute approximate surface area is 114 Å². The number of carboxylic acids is 1. The second-order valence-electron chi connectivity index (χ2n) is 3.19. The lowest BCUT2D eigenvalue weighted by atomic mass is 10.2. The molecule has 0 saturated carbocycles. The topological polar surface area (TPSA) is 49.3 Å². The fraction of sp³-hybridized carbons (Fsp3) is 0.300. The predicted molar refractivity (Wildman–Crippen MR) is 68.1 cm³/mol. The number of rotatable bonds is 5. The number of nitrogens with one attached hydrogen (secondary N) is 1. The number of hydrogen-bond acceptors (Lipinski definition) is 3. The van der Waals surface area contributed by atoms with Crippen LogP contribution in [0.5, 0.6) is 0 Å². The average molecular weight is 344 g/mol. The Morgan fingerprint density at radius 3 is 2.67 bits per heavy atom. The Morgan fingerprint density at radius 1 is 1.44 bits per heavy atom. The van der Waals surface area contributed by atoms with Gasteiger partial charge in [-0.1, -0.05) is 6.07 Å². The molecule has 100 valence electrons. The van der Waals surface area contributed by atoms with Crippen molar-refractivity contribution in [1.29, 1.82) is 0 Å². The van der Waals surface area contributed by atoms with Crippen molar-refractivity contribution in [3.05, 3.63) is 28.2 Å². The van der Waals surface area contributed by atoms with Crippen LogP contribution in [0.3, 0.4) is 0 Å². The molecular weight excluding hydrogens is 335 g/mol. The minimum absolute atomic E-state index is 0.00880. The maximum atomic E-state index is 11.9. The van der Waals surface area contributed by atoms with Gasteiger partial charge in [-0.05, 0) is 39.8 Å². The number of aromatic carboxylic acids is 1. The number of carbonyl (C=O) groups is 1. The summed E-state index contributed by atoms with van der Waals surface area (Å²) in [6, 6.07) is 4.67. The normalized spacial score (nSPS) is 11.3. The SMILES string of the molecule is O=C(O)c1c(Br)cccc1NCCSC(F)(F)F. The van der Waals surface area contributed by atoms with Crippen LogP contribution in [0.15, 0.2) is 22.7 Å². The van der Waals surface area contributed by atoms with E-state index in [0.717, 1.165) is 0 Å². The third-order valence-corrected chi connectivity index (χ3v) is 3.31. The molecule has 0 aromatic heterocycles. The molecule has 0 aliphatic rings. The lowest BCUT2D eigenvalue weighted by molar-refractivity contribution is -0.0327. The van der Waals surface area contributed by atoms with Crippen LogP contribution in [0.1, 0.15) is 10.4 Å². The fourth-order valence-electron chi connectivity index (χ4n) is 1.24. The zero-order chi connectivity index (χ0) is 13.8. The molecule has 1 rings (SSSR count). The zero-order valence-corrected chi connectivity index (χ0v) is 11.3. The van der Waals surface area contributed by atoms with Crippen LogP contribution in [0.2, 0.25) is 0 Å². The van der Waals surface area contributed by atoms with Crippen LogP contribution >= 0.6 is 27.7 Å². The number of alkyl halides is 3. The van der Waals surface area contributed by atoms with Gasteiger partial charge < -0.3 is 10.4 Å². The van der Waals surface area contributed by atoms with E-state index in [1.165, 1.54) is 6.07 Å². The first-order chi connectivity index (χ1) is 8.31. The lowest BCUT2D eigenvalue weighted by Gasteiger charge is -2.11. The summed E-state index contributed by atoms with van der Waals surface area (Å²) in [6.45, 7) is 0.0287. The molecule has 0 unspecified atom stereocenters. The summed E-state index contributed by atoms with van der Waals surface area (Å²) >= 11 is 2.93. The zero-order valence-electron chi connectivity index (χ0n) is 8.92. The first-order valence-electron chi connectivity index (χ1n) is 4.77. The largest absolute Gasteiger partial charge is 0.478 e. The van der Waals surface area contributed by atoms with E-state index in [1.807, 2.05) is 0 Å². The number of halogens is 4. The van der Waals surface area contributed by atoms with Crippen molar-refractivity contribution >= 4 is 39.3 Å². The van der Waals surface area contributed by atoms with Crippen molar-refractivity contribution in [2.75, 3.05) is 17.6 Å². The monoisotopic (exact) mass is 343 g/mol. The summed E-state index contributed by atoms with van der Waals surface area (Å²) < 4.78 is 36.0. The molecule has 1 aromatic rings. The van der Waals surface area contributed by atoms with E-state index in [1.54, 1.807) is 12.1 Å². The summed E-state index contributed by atoms with van der Waals surface area (Å²) in [5, 5.41) is 11.7. The molecule has 0 heterocycles. The van der Waals surface area contributed by atoms with E-state index in [0.29, 0.717) is 10.2 Å². The van der Waals surface area contributed by atoms with Gasteiger partial charge in [-0.3, -0.25) is 0 Å². The minimum Gasteiger partial charge on any atom is -0.478 e. The predicted octanol–water partition coefficient (Wildman–Crippen LogP) is 3.81. The van der Waals surface area contributed by atoms with Crippen molar-refractivity contribution in [1.82, 2.24) is 0 Å². The highest BCUT2D eigenvalue weighted by Gasteiger charge is 2.27. The third kappa shape index (κ3) is 4.77. The molecule has 0 fully saturated rings. The van der Waals surface area contributed by atoms with Crippen LogP contribution in [-0.2, 0) is 0 Å². The number of thioether (sulfide) groups is 1. The molecule has 18 heavy (non-hydrogen) atoms. The van der Waals surface area contributed by atoms with Crippen LogP contribution in [0, 0.1) is 0 Å². The van der Waals surface area contributed by atoms with Crippen molar-refractivity contribution in [2.45, 2.75) is 5.51 Å². The molecule has 1 aromatic carbocycles. The van der Waals surface area contributed by atoms with Gasteiger partial charge in [0.1, 0.15) is 0 Å². The number of anilines is 1. The van der Waals surface area contributed by atoms with E-state index in [9.17, 15) is 18.0 Å². The summed E-state index contributed by atoms with van der Waals surface area (Å²) in [7, 11) is 0. The number of carboxylic acid groups (broad SMARTS) is 1. The lowest BCUT2D eigenvalue weighted by Crippen LogP contribution is -2.12. The Balaban J connectivity index is 2.63. The minimum atomic E-state index is -4.27. The average Bonchev–Trinajstić information content (AvgIpc) is 2.22. The first kappa shape index (κ1) is 15.2. The quantitative estimate of drug-likeness (QED) is 0.798. The smallest absolute Gasteiger partial charge is 0.441 e. The van der Waals surface area contributed by atoms with Gasteiger partial charge in [-0.15, -0.1) is 0 Å². The summed E-state index contributed by atoms with van der Waals surface area (Å²) in [4.78, 5) is 11.0. The molecule has 0 spiro atoms. The summed E-state index contributed by atoms with van der Waals surface area (Å²) in [5.41, 5.74) is -3.97. The molecular formula is C10H9BrF3NO2S. The van der Waals surface area contributed by atoms with Crippen molar-refractivity contribution in [2.24, 2.45) is 0 Å². The van der Waals surface area contributed by atoms with Crippen molar-refractivity contribution in [3.8, 4) is 0 Å². The van der Waals surface area contributed by atoms with Gasteiger partial charge in [0.25, 0.3) is 0 Å². The Morgan fingerprint density at radius 2 is 2.11 bits per heavy atom. The maximum absolute atomic E-state index is 11.9. The molecule has 8 heteroatoms. The van der Waals surface area contributed by atoms with E-state index in [4.69, 9.17) is 5.11 Å². The summed E-state index contributed by atoms with van der Waals surface area (Å²) in [5.74, 6) is -1.33. The highest BCUT2D eigenvalue weighted by molar-refractivity contribution is 9.10. The standard InChI is InChI=1S/C10H9BrF3NO2S/c11-6-2-1-3-7(8(6)9(16)17)15-4-5-18-10(12,13)14/h1-3,15H,4-5H2,(H,16,17). The van der Waals surface area contributed by atoms with Gasteiger partial charge in [0.2, 0.25) is 0 Å². The highest BCUT2D eigenvalue weighted by Crippen LogP contribution is 2.30. The van der Waals surface area contributed by atoms with Crippen molar-refractivity contribution < 1.29 is 23.1 Å². The highest BCUT2D eigenvalue weighted by atomic mass is 79.9.